The molecule has 1 aromatic heterocycles. The Morgan fingerprint density at radius 1 is 1.38 bits per heavy atom. The monoisotopic (exact) mass is 301 g/mol. The average molecular weight is 302 g/mol. The fourth-order valence-corrected chi connectivity index (χ4v) is 4.34. The van der Waals surface area contributed by atoms with Gasteiger partial charge in [-0.1, -0.05) is 0 Å². The maximum Gasteiger partial charge on any atom is 0.0701 e. The smallest absolute Gasteiger partial charge is 0.0701 e. The van der Waals surface area contributed by atoms with Gasteiger partial charge < -0.3 is 5.11 Å². The molecule has 2 aliphatic rings. The van der Waals surface area contributed by atoms with Crippen LogP contribution in [-0.4, -0.2) is 28.2 Å². The summed E-state index contributed by atoms with van der Waals surface area (Å²) in [7, 11) is 0. The minimum atomic E-state index is -0.0528. The van der Waals surface area contributed by atoms with E-state index in [1.54, 1.807) is 11.3 Å². The minimum Gasteiger partial charge on any atom is -0.393 e. The zero-order valence-electron chi connectivity index (χ0n) is 9.10. The van der Waals surface area contributed by atoms with E-state index in [0.29, 0.717) is 12.1 Å². The maximum atomic E-state index is 9.75. The van der Waals surface area contributed by atoms with E-state index in [1.807, 2.05) is 0 Å². The molecule has 16 heavy (non-hydrogen) atoms. The van der Waals surface area contributed by atoms with Gasteiger partial charge in [0.15, 0.2) is 0 Å². The number of fused-ring (bicyclic) bond motifs is 2. The van der Waals surface area contributed by atoms with Gasteiger partial charge >= 0.3 is 0 Å². The van der Waals surface area contributed by atoms with E-state index in [0.717, 1.165) is 19.4 Å². The number of halogens is 1. The van der Waals surface area contributed by atoms with E-state index < -0.39 is 0 Å². The number of hydrogen-bond donors (Lipinski definition) is 1. The van der Waals surface area contributed by atoms with Crippen molar-refractivity contribution in [2.24, 2.45) is 0 Å². The van der Waals surface area contributed by atoms with E-state index in [4.69, 9.17) is 0 Å². The van der Waals surface area contributed by atoms with Crippen LogP contribution in [0.1, 0.15) is 31.2 Å². The van der Waals surface area contributed by atoms with Gasteiger partial charge in [0.05, 0.1) is 9.89 Å². The molecule has 2 fully saturated rings. The van der Waals surface area contributed by atoms with Gasteiger partial charge in [-0.25, -0.2) is 0 Å². The van der Waals surface area contributed by atoms with E-state index in [-0.39, 0.29) is 6.10 Å². The number of aliphatic hydroxyl groups is 1. The maximum absolute atomic E-state index is 9.75. The van der Waals surface area contributed by atoms with E-state index in [1.165, 1.54) is 22.2 Å². The van der Waals surface area contributed by atoms with Crippen LogP contribution in [0.25, 0.3) is 0 Å². The zero-order valence-corrected chi connectivity index (χ0v) is 11.5. The molecule has 1 aromatic rings. The van der Waals surface area contributed by atoms with Crippen LogP contribution >= 0.6 is 27.3 Å². The van der Waals surface area contributed by atoms with E-state index >= 15 is 0 Å². The normalized spacial score (nSPS) is 34.5. The van der Waals surface area contributed by atoms with Crippen LogP contribution in [0.3, 0.4) is 0 Å². The first-order valence-electron chi connectivity index (χ1n) is 5.89. The number of aliphatic hydroxyl groups excluding tert-OH is 1. The number of piperidine rings is 1. The van der Waals surface area contributed by atoms with Crippen LogP contribution in [0.5, 0.6) is 0 Å². The molecule has 2 aliphatic heterocycles. The molecule has 2 saturated heterocycles. The van der Waals surface area contributed by atoms with Gasteiger partial charge in [0.1, 0.15) is 0 Å². The highest BCUT2D eigenvalue weighted by Gasteiger charge is 2.39. The van der Waals surface area contributed by atoms with Gasteiger partial charge in [-0.15, -0.1) is 11.3 Å². The van der Waals surface area contributed by atoms with Crippen molar-refractivity contribution in [3.63, 3.8) is 0 Å². The standard InChI is InChI=1S/C12H16BrNOS/c13-12-3-8(7-16-12)6-14-9-1-2-10(14)5-11(15)4-9/h3,7,9-11,15H,1-2,4-6H2. The summed E-state index contributed by atoms with van der Waals surface area (Å²) >= 11 is 5.27. The first-order chi connectivity index (χ1) is 7.72. The molecule has 2 bridgehead atoms. The molecule has 0 spiro atoms. The SMILES string of the molecule is OC1CC2CCC(C1)N2Cc1csc(Br)c1. The molecule has 2 atom stereocenters. The molecular formula is C12H16BrNOS. The summed E-state index contributed by atoms with van der Waals surface area (Å²) in [6.45, 7) is 1.06. The van der Waals surface area contributed by atoms with Crippen LogP contribution in [0, 0.1) is 0 Å². The van der Waals surface area contributed by atoms with Crippen LogP contribution < -0.4 is 0 Å². The van der Waals surface area contributed by atoms with Gasteiger partial charge in [0.2, 0.25) is 0 Å². The second-order valence-corrected chi connectivity index (χ2v) is 7.23. The third-order valence-electron chi connectivity index (χ3n) is 3.85. The van der Waals surface area contributed by atoms with Crippen LogP contribution in [0.15, 0.2) is 15.2 Å². The molecule has 88 valence electrons. The summed E-state index contributed by atoms with van der Waals surface area (Å²) in [6, 6.07) is 3.45. The highest BCUT2D eigenvalue weighted by atomic mass is 79.9. The molecule has 0 radical (unpaired) electrons. The van der Waals surface area contributed by atoms with Crippen molar-refractivity contribution in [2.75, 3.05) is 0 Å². The second kappa shape index (κ2) is 4.41. The Bertz CT molecular complexity index is 367. The molecule has 0 amide bonds. The first-order valence-corrected chi connectivity index (χ1v) is 7.56. The quantitative estimate of drug-likeness (QED) is 0.908. The van der Waals surface area contributed by atoms with Crippen LogP contribution in [0.4, 0.5) is 0 Å². The summed E-state index contributed by atoms with van der Waals surface area (Å²) < 4.78 is 1.21. The molecule has 3 rings (SSSR count). The number of thiophene rings is 1. The number of hydrogen-bond acceptors (Lipinski definition) is 3. The van der Waals surface area contributed by atoms with Gasteiger partial charge in [-0.2, -0.15) is 0 Å². The zero-order chi connectivity index (χ0) is 11.1. The van der Waals surface area contributed by atoms with Crippen molar-refractivity contribution in [1.82, 2.24) is 4.90 Å². The molecule has 0 aliphatic carbocycles. The van der Waals surface area contributed by atoms with Crippen molar-refractivity contribution >= 4 is 27.3 Å². The molecule has 3 heterocycles. The molecule has 4 heteroatoms. The Labute approximate surface area is 108 Å². The van der Waals surface area contributed by atoms with Crippen molar-refractivity contribution in [3.05, 3.63) is 20.8 Å². The summed E-state index contributed by atoms with van der Waals surface area (Å²) in [4.78, 5) is 2.60. The Kier molecular flexibility index (Phi) is 3.09. The van der Waals surface area contributed by atoms with E-state index in [2.05, 4.69) is 32.3 Å². The summed E-state index contributed by atoms with van der Waals surface area (Å²) in [5, 5.41) is 12.0. The second-order valence-electron chi connectivity index (χ2n) is 4.94. The Morgan fingerprint density at radius 3 is 2.62 bits per heavy atom. The molecule has 2 unspecified atom stereocenters. The number of nitrogens with zero attached hydrogens (tertiary/aromatic N) is 1. The predicted octanol–water partition coefficient (Wildman–Crippen LogP) is 3.00. The minimum absolute atomic E-state index is 0.0528. The number of rotatable bonds is 2. The average Bonchev–Trinajstić information content (AvgIpc) is 2.72. The van der Waals surface area contributed by atoms with E-state index in [9.17, 15) is 5.11 Å². The third kappa shape index (κ3) is 2.08. The molecule has 2 nitrogen and oxygen atoms in total. The molecular weight excluding hydrogens is 286 g/mol. The van der Waals surface area contributed by atoms with Gasteiger partial charge in [0, 0.05) is 18.6 Å². The summed E-state index contributed by atoms with van der Waals surface area (Å²) in [5.41, 5.74) is 1.41. The van der Waals surface area contributed by atoms with Gasteiger partial charge in [-0.05, 0) is 58.6 Å². The van der Waals surface area contributed by atoms with Crippen molar-refractivity contribution in [3.8, 4) is 0 Å². The summed E-state index contributed by atoms with van der Waals surface area (Å²) in [6.07, 6.45) is 4.44. The third-order valence-corrected chi connectivity index (χ3v) is 5.40. The van der Waals surface area contributed by atoms with Crippen LogP contribution in [0.2, 0.25) is 0 Å². The lowest BCUT2D eigenvalue weighted by atomic mass is 9.99. The van der Waals surface area contributed by atoms with Crippen LogP contribution in [-0.2, 0) is 6.54 Å². The molecule has 0 saturated carbocycles. The lowest BCUT2D eigenvalue weighted by Gasteiger charge is -2.36. The Balaban J connectivity index is 1.72. The highest BCUT2D eigenvalue weighted by Crippen LogP contribution is 2.37. The lowest BCUT2D eigenvalue weighted by molar-refractivity contribution is 0.0311. The predicted molar refractivity (Wildman–Crippen MR) is 69.6 cm³/mol. The first kappa shape index (κ1) is 11.2. The highest BCUT2D eigenvalue weighted by molar-refractivity contribution is 9.11. The molecule has 0 aromatic carbocycles. The molecule has 1 N–H and O–H groups in total. The Morgan fingerprint density at radius 2 is 2.06 bits per heavy atom. The van der Waals surface area contributed by atoms with Crippen molar-refractivity contribution < 1.29 is 5.11 Å². The Hall–Kier alpha value is 0.100. The van der Waals surface area contributed by atoms with Crippen molar-refractivity contribution in [1.29, 1.82) is 0 Å². The fourth-order valence-electron chi connectivity index (χ4n) is 3.14. The largest absolute Gasteiger partial charge is 0.393 e. The van der Waals surface area contributed by atoms with Gasteiger partial charge in [0.25, 0.3) is 0 Å². The topological polar surface area (TPSA) is 23.5 Å². The lowest BCUT2D eigenvalue weighted by Crippen LogP contribution is -2.43. The summed E-state index contributed by atoms with van der Waals surface area (Å²) in [5.74, 6) is 0. The fraction of sp³-hybridized carbons (Fsp3) is 0.667. The van der Waals surface area contributed by atoms with Crippen molar-refractivity contribution in [2.45, 2.75) is 50.4 Å². The van der Waals surface area contributed by atoms with Gasteiger partial charge in [-0.3, -0.25) is 4.90 Å².